The van der Waals surface area contributed by atoms with E-state index in [0.717, 1.165) is 16.9 Å². The summed E-state index contributed by atoms with van der Waals surface area (Å²) in [6, 6.07) is 12.2. The molecule has 0 unspecified atom stereocenters. The van der Waals surface area contributed by atoms with Gasteiger partial charge in [-0.2, -0.15) is 0 Å². The van der Waals surface area contributed by atoms with Crippen molar-refractivity contribution in [1.82, 2.24) is 0 Å². The average Bonchev–Trinajstić information content (AvgIpc) is 2.82. The van der Waals surface area contributed by atoms with E-state index in [2.05, 4.69) is 10.6 Å². The van der Waals surface area contributed by atoms with Crippen molar-refractivity contribution in [2.75, 3.05) is 16.4 Å². The van der Waals surface area contributed by atoms with Gasteiger partial charge in [-0.25, -0.2) is 8.42 Å². The summed E-state index contributed by atoms with van der Waals surface area (Å²) >= 11 is 1.54. The summed E-state index contributed by atoms with van der Waals surface area (Å²) in [5, 5.41) is 5.64. The van der Waals surface area contributed by atoms with Gasteiger partial charge >= 0.3 is 0 Å². The van der Waals surface area contributed by atoms with Crippen LogP contribution in [0.25, 0.3) is 0 Å². The second-order valence-electron chi connectivity index (χ2n) is 7.01. The quantitative estimate of drug-likeness (QED) is 0.723. The first-order valence-corrected chi connectivity index (χ1v) is 12.0. The Morgan fingerprint density at radius 1 is 1.24 bits per heavy atom. The van der Waals surface area contributed by atoms with Crippen molar-refractivity contribution in [2.45, 2.75) is 48.2 Å². The number of amides is 2. The topological polar surface area (TPSA) is 92.3 Å². The van der Waals surface area contributed by atoms with Gasteiger partial charge in [-0.1, -0.05) is 26.0 Å². The van der Waals surface area contributed by atoms with Crippen LogP contribution < -0.4 is 10.6 Å². The maximum absolute atomic E-state index is 12.7. The lowest BCUT2D eigenvalue weighted by molar-refractivity contribution is -0.116. The lowest BCUT2D eigenvalue weighted by Gasteiger charge is -2.11. The molecule has 0 bridgehead atoms. The summed E-state index contributed by atoms with van der Waals surface area (Å²) in [7, 11) is -3.66. The van der Waals surface area contributed by atoms with Gasteiger partial charge in [0.15, 0.2) is 9.84 Å². The Hall–Kier alpha value is -2.32. The first-order valence-electron chi connectivity index (χ1n) is 9.49. The number of rotatable bonds is 6. The van der Waals surface area contributed by atoms with Crippen molar-refractivity contribution >= 4 is 44.8 Å². The second-order valence-corrected chi connectivity index (χ2v) is 10.6. The highest BCUT2D eigenvalue weighted by atomic mass is 32.2. The average molecular weight is 433 g/mol. The standard InChI is InChI=1S/C21H24N2O4S2/c1-3-15-5-4-6-16(12-15)22-20(24)9-10-29(26,27)17-7-8-19-18(13-17)23-21(25)11-14(2)28-19/h4-8,12-14H,3,9-11H2,1-2H3,(H,22,24)(H,23,25)/t14-/m1/s1. The Balaban J connectivity index is 1.68. The van der Waals surface area contributed by atoms with Crippen LogP contribution >= 0.6 is 11.8 Å². The smallest absolute Gasteiger partial charge is 0.225 e. The molecular formula is C21H24N2O4S2. The van der Waals surface area contributed by atoms with Gasteiger partial charge in [0.1, 0.15) is 0 Å². The van der Waals surface area contributed by atoms with Crippen LogP contribution in [0.5, 0.6) is 0 Å². The van der Waals surface area contributed by atoms with E-state index in [-0.39, 0.29) is 34.1 Å². The van der Waals surface area contributed by atoms with Crippen LogP contribution in [0.2, 0.25) is 0 Å². The molecule has 0 aliphatic carbocycles. The number of thioether (sulfide) groups is 1. The number of aryl methyl sites for hydroxylation is 1. The molecule has 0 aromatic heterocycles. The predicted molar refractivity (Wildman–Crippen MR) is 116 cm³/mol. The molecule has 1 aliphatic rings. The van der Waals surface area contributed by atoms with Gasteiger partial charge in [0.25, 0.3) is 0 Å². The Morgan fingerprint density at radius 3 is 2.79 bits per heavy atom. The van der Waals surface area contributed by atoms with Gasteiger partial charge in [0.05, 0.1) is 16.3 Å². The summed E-state index contributed by atoms with van der Waals surface area (Å²) in [4.78, 5) is 25.1. The molecule has 2 N–H and O–H groups in total. The molecule has 154 valence electrons. The van der Waals surface area contributed by atoms with Gasteiger partial charge in [0, 0.05) is 28.7 Å². The highest BCUT2D eigenvalue weighted by Crippen LogP contribution is 2.36. The molecule has 1 heterocycles. The molecular weight excluding hydrogens is 408 g/mol. The van der Waals surface area contributed by atoms with Crippen molar-refractivity contribution in [3.63, 3.8) is 0 Å². The van der Waals surface area contributed by atoms with E-state index in [1.165, 1.54) is 23.9 Å². The summed E-state index contributed by atoms with van der Waals surface area (Å²) in [6.45, 7) is 3.98. The van der Waals surface area contributed by atoms with Crippen molar-refractivity contribution in [1.29, 1.82) is 0 Å². The number of carbonyl (C=O) groups excluding carboxylic acids is 2. The highest BCUT2D eigenvalue weighted by molar-refractivity contribution is 8.00. The van der Waals surface area contributed by atoms with Gasteiger partial charge in [-0.15, -0.1) is 11.8 Å². The van der Waals surface area contributed by atoms with E-state index in [0.29, 0.717) is 17.8 Å². The lowest BCUT2D eigenvalue weighted by Crippen LogP contribution is -2.18. The zero-order valence-electron chi connectivity index (χ0n) is 16.4. The van der Waals surface area contributed by atoms with Gasteiger partial charge < -0.3 is 10.6 Å². The summed E-state index contributed by atoms with van der Waals surface area (Å²) in [5.41, 5.74) is 2.26. The molecule has 8 heteroatoms. The fraction of sp³-hybridized carbons (Fsp3) is 0.333. The largest absolute Gasteiger partial charge is 0.326 e. The number of hydrogen-bond donors (Lipinski definition) is 2. The summed E-state index contributed by atoms with van der Waals surface area (Å²) < 4.78 is 25.4. The zero-order chi connectivity index (χ0) is 21.0. The number of sulfone groups is 1. The minimum atomic E-state index is -3.66. The van der Waals surface area contributed by atoms with Crippen molar-refractivity contribution in [3.8, 4) is 0 Å². The molecule has 2 aromatic carbocycles. The van der Waals surface area contributed by atoms with E-state index < -0.39 is 9.84 Å². The Bertz CT molecular complexity index is 1030. The van der Waals surface area contributed by atoms with E-state index >= 15 is 0 Å². The number of carbonyl (C=O) groups is 2. The maximum Gasteiger partial charge on any atom is 0.225 e. The molecule has 2 aromatic rings. The van der Waals surface area contributed by atoms with Crippen molar-refractivity contribution < 1.29 is 18.0 Å². The Morgan fingerprint density at radius 2 is 2.03 bits per heavy atom. The van der Waals surface area contributed by atoms with Crippen LogP contribution in [0.15, 0.2) is 52.3 Å². The maximum atomic E-state index is 12.7. The minimum Gasteiger partial charge on any atom is -0.326 e. The molecule has 2 amide bonds. The molecule has 1 aliphatic heterocycles. The third-order valence-electron chi connectivity index (χ3n) is 4.60. The third-order valence-corrected chi connectivity index (χ3v) is 7.49. The first-order chi connectivity index (χ1) is 13.8. The van der Waals surface area contributed by atoms with Gasteiger partial charge in [-0.3, -0.25) is 9.59 Å². The summed E-state index contributed by atoms with van der Waals surface area (Å²) in [5.74, 6) is -0.788. The monoisotopic (exact) mass is 432 g/mol. The molecule has 0 spiro atoms. The zero-order valence-corrected chi connectivity index (χ0v) is 18.0. The number of nitrogens with one attached hydrogen (secondary N) is 2. The van der Waals surface area contributed by atoms with Crippen LogP contribution in [-0.2, 0) is 25.8 Å². The fourth-order valence-electron chi connectivity index (χ4n) is 3.06. The molecule has 0 fully saturated rings. The second kappa shape index (κ2) is 9.00. The molecule has 29 heavy (non-hydrogen) atoms. The SMILES string of the molecule is CCc1cccc(NC(=O)CCS(=O)(=O)c2ccc3c(c2)NC(=O)C[C@@H](C)S3)c1. The number of benzene rings is 2. The van der Waals surface area contributed by atoms with E-state index in [1.807, 2.05) is 32.0 Å². The molecule has 0 saturated carbocycles. The van der Waals surface area contributed by atoms with Gasteiger partial charge in [0.2, 0.25) is 11.8 Å². The highest BCUT2D eigenvalue weighted by Gasteiger charge is 2.23. The fourth-order valence-corrected chi connectivity index (χ4v) is 5.38. The normalized spacial score (nSPS) is 16.5. The van der Waals surface area contributed by atoms with Crippen molar-refractivity contribution in [3.05, 3.63) is 48.0 Å². The van der Waals surface area contributed by atoms with Crippen LogP contribution in [0, 0.1) is 0 Å². The van der Waals surface area contributed by atoms with Crippen LogP contribution in [0.3, 0.4) is 0 Å². The van der Waals surface area contributed by atoms with E-state index in [1.54, 1.807) is 12.1 Å². The Labute approximate surface area is 175 Å². The van der Waals surface area contributed by atoms with Crippen LogP contribution in [0.4, 0.5) is 11.4 Å². The number of fused-ring (bicyclic) bond motifs is 1. The molecule has 0 saturated heterocycles. The molecule has 0 radical (unpaired) electrons. The molecule has 1 atom stereocenters. The van der Waals surface area contributed by atoms with Crippen molar-refractivity contribution in [2.24, 2.45) is 0 Å². The number of hydrogen-bond acceptors (Lipinski definition) is 5. The molecule has 3 rings (SSSR count). The van der Waals surface area contributed by atoms with Crippen LogP contribution in [-0.4, -0.2) is 31.2 Å². The van der Waals surface area contributed by atoms with E-state index in [4.69, 9.17) is 0 Å². The van der Waals surface area contributed by atoms with Crippen LogP contribution in [0.1, 0.15) is 32.3 Å². The predicted octanol–water partition coefficient (Wildman–Crippen LogP) is 3.87. The lowest BCUT2D eigenvalue weighted by atomic mass is 10.1. The number of anilines is 2. The summed E-state index contributed by atoms with van der Waals surface area (Å²) in [6.07, 6.45) is 1.08. The third kappa shape index (κ3) is 5.61. The van der Waals surface area contributed by atoms with Gasteiger partial charge in [-0.05, 0) is 42.3 Å². The first kappa shape index (κ1) is 21.4. The Kier molecular flexibility index (Phi) is 6.64. The minimum absolute atomic E-state index is 0.104. The van der Waals surface area contributed by atoms with E-state index in [9.17, 15) is 18.0 Å². The molecule has 6 nitrogen and oxygen atoms in total.